The molecule has 1 aromatic heterocycles. The fourth-order valence-electron chi connectivity index (χ4n) is 6.15. The first-order chi connectivity index (χ1) is 20.1. The third kappa shape index (κ3) is 5.96. The standard InChI is InChI=1S/C33H40N4O4/c1-3-36-16-6-7-27(36)22-41-28-13-11-23-19-25(10-9-24(23)20-28)32-29-21-26(33(38)34-15-18-39-2)12-14-30(29)37(35-32)31-8-4-5-17-40-31/h9-14,19-21,27,31H,3-8,15-18,22H2,1-2H3,(H,34,38). The second-order valence-corrected chi connectivity index (χ2v) is 11.1. The lowest BCUT2D eigenvalue weighted by Crippen LogP contribution is -2.33. The summed E-state index contributed by atoms with van der Waals surface area (Å²) >= 11 is 0. The van der Waals surface area contributed by atoms with E-state index in [0.717, 1.165) is 77.7 Å². The van der Waals surface area contributed by atoms with Crippen molar-refractivity contribution in [3.05, 3.63) is 60.2 Å². The van der Waals surface area contributed by atoms with E-state index in [1.54, 1.807) is 7.11 Å². The molecular formula is C33H40N4O4. The lowest BCUT2D eigenvalue weighted by molar-refractivity contribution is -0.0365. The fraction of sp³-hybridized carbons (Fsp3) is 0.455. The summed E-state index contributed by atoms with van der Waals surface area (Å²) in [7, 11) is 1.62. The number of hydrogen-bond acceptors (Lipinski definition) is 6. The zero-order valence-electron chi connectivity index (χ0n) is 24.1. The van der Waals surface area contributed by atoms with E-state index in [0.29, 0.717) is 24.8 Å². The van der Waals surface area contributed by atoms with E-state index in [2.05, 4.69) is 53.5 Å². The van der Waals surface area contributed by atoms with E-state index in [4.69, 9.17) is 19.3 Å². The highest BCUT2D eigenvalue weighted by Crippen LogP contribution is 2.35. The smallest absolute Gasteiger partial charge is 0.251 e. The summed E-state index contributed by atoms with van der Waals surface area (Å²) in [5, 5.41) is 11.2. The van der Waals surface area contributed by atoms with E-state index >= 15 is 0 Å². The van der Waals surface area contributed by atoms with Gasteiger partial charge in [-0.15, -0.1) is 0 Å². The predicted octanol–water partition coefficient (Wildman–Crippen LogP) is 5.79. The van der Waals surface area contributed by atoms with Gasteiger partial charge in [0.25, 0.3) is 5.91 Å². The Kier molecular flexibility index (Phi) is 8.51. The van der Waals surface area contributed by atoms with Crippen LogP contribution in [0.15, 0.2) is 54.6 Å². The Morgan fingerprint density at radius 2 is 1.93 bits per heavy atom. The number of aromatic nitrogens is 2. The number of amides is 1. The van der Waals surface area contributed by atoms with Crippen LogP contribution in [-0.4, -0.2) is 73.2 Å². The SMILES string of the molecule is CCN1CCCC1COc1ccc2cc(-c3nn(C4CCCCO4)c4ccc(C(=O)NCCOC)cc34)ccc2c1. The molecule has 0 radical (unpaired) electrons. The maximum absolute atomic E-state index is 12.9. The van der Waals surface area contributed by atoms with Gasteiger partial charge in [-0.2, -0.15) is 5.10 Å². The first-order valence-electron chi connectivity index (χ1n) is 15.0. The van der Waals surface area contributed by atoms with Crippen molar-refractivity contribution in [2.24, 2.45) is 0 Å². The van der Waals surface area contributed by atoms with Crippen molar-refractivity contribution in [3.63, 3.8) is 0 Å². The molecule has 2 fully saturated rings. The van der Waals surface area contributed by atoms with Crippen LogP contribution in [0.4, 0.5) is 0 Å². The largest absolute Gasteiger partial charge is 0.492 e. The van der Waals surface area contributed by atoms with Crippen LogP contribution in [0.5, 0.6) is 5.75 Å². The molecule has 2 aliphatic rings. The second kappa shape index (κ2) is 12.6. The van der Waals surface area contributed by atoms with Crippen molar-refractivity contribution >= 4 is 27.6 Å². The van der Waals surface area contributed by atoms with Crippen molar-refractivity contribution in [1.82, 2.24) is 20.0 Å². The molecular weight excluding hydrogens is 516 g/mol. The number of ether oxygens (including phenoxy) is 3. The van der Waals surface area contributed by atoms with Crippen LogP contribution in [0.2, 0.25) is 0 Å². The average molecular weight is 557 g/mol. The maximum atomic E-state index is 12.9. The topological polar surface area (TPSA) is 77.8 Å². The van der Waals surface area contributed by atoms with Crippen molar-refractivity contribution in [2.45, 2.75) is 51.3 Å². The molecule has 0 saturated carbocycles. The fourth-order valence-corrected chi connectivity index (χ4v) is 6.15. The Balaban J connectivity index is 1.31. The monoisotopic (exact) mass is 556 g/mol. The van der Waals surface area contributed by atoms with Gasteiger partial charge in [0, 0.05) is 42.8 Å². The molecule has 2 aliphatic heterocycles. The highest BCUT2D eigenvalue weighted by Gasteiger charge is 2.24. The van der Waals surface area contributed by atoms with Gasteiger partial charge in [0.15, 0.2) is 6.23 Å². The minimum Gasteiger partial charge on any atom is -0.492 e. The molecule has 1 amide bonds. The number of likely N-dealkylation sites (tertiary alicyclic amines) is 1. The minimum atomic E-state index is -0.123. The van der Waals surface area contributed by atoms with E-state index in [9.17, 15) is 4.79 Å². The van der Waals surface area contributed by atoms with Crippen LogP contribution in [0.3, 0.4) is 0 Å². The molecule has 8 nitrogen and oxygen atoms in total. The molecule has 1 N–H and O–H groups in total. The van der Waals surface area contributed by atoms with Gasteiger partial charge in [0.1, 0.15) is 18.1 Å². The molecule has 2 unspecified atom stereocenters. The van der Waals surface area contributed by atoms with Gasteiger partial charge in [0.05, 0.1) is 12.1 Å². The predicted molar refractivity (Wildman–Crippen MR) is 161 cm³/mol. The third-order valence-corrected chi connectivity index (χ3v) is 8.42. The summed E-state index contributed by atoms with van der Waals surface area (Å²) in [4.78, 5) is 15.4. The Bertz CT molecular complexity index is 1510. The number of benzene rings is 3. The molecule has 216 valence electrons. The molecule has 3 aromatic carbocycles. The summed E-state index contributed by atoms with van der Waals surface area (Å²) < 4.78 is 19.4. The highest BCUT2D eigenvalue weighted by molar-refractivity contribution is 6.02. The number of nitrogens with one attached hydrogen (secondary N) is 1. The quantitative estimate of drug-likeness (QED) is 0.249. The van der Waals surface area contributed by atoms with Crippen LogP contribution >= 0.6 is 0 Å². The normalized spacial score (nSPS) is 19.7. The van der Waals surface area contributed by atoms with Crippen LogP contribution < -0.4 is 10.1 Å². The van der Waals surface area contributed by atoms with Crippen LogP contribution in [-0.2, 0) is 9.47 Å². The lowest BCUT2D eigenvalue weighted by Gasteiger charge is -2.23. The third-order valence-electron chi connectivity index (χ3n) is 8.42. The molecule has 4 aromatic rings. The highest BCUT2D eigenvalue weighted by atomic mass is 16.5. The summed E-state index contributed by atoms with van der Waals surface area (Å²) in [5.41, 5.74) is 3.43. The van der Waals surface area contributed by atoms with Gasteiger partial charge < -0.3 is 19.5 Å². The molecule has 0 spiro atoms. The Morgan fingerprint density at radius 3 is 2.76 bits per heavy atom. The summed E-state index contributed by atoms with van der Waals surface area (Å²) in [6, 6.07) is 19.0. The number of carbonyl (C=O) groups excluding carboxylic acids is 1. The van der Waals surface area contributed by atoms with Crippen molar-refractivity contribution in [3.8, 4) is 17.0 Å². The molecule has 3 heterocycles. The van der Waals surface area contributed by atoms with Gasteiger partial charge in [-0.05, 0) is 92.4 Å². The van der Waals surface area contributed by atoms with Gasteiger partial charge in [0.2, 0.25) is 0 Å². The molecule has 6 rings (SSSR count). The Morgan fingerprint density at radius 1 is 1.05 bits per heavy atom. The Hall–Kier alpha value is -3.46. The van der Waals surface area contributed by atoms with E-state index in [1.165, 1.54) is 19.4 Å². The lowest BCUT2D eigenvalue weighted by atomic mass is 10.0. The number of carbonyl (C=O) groups is 1. The zero-order chi connectivity index (χ0) is 28.2. The molecule has 0 bridgehead atoms. The van der Waals surface area contributed by atoms with Crippen molar-refractivity contribution in [1.29, 1.82) is 0 Å². The van der Waals surface area contributed by atoms with E-state index < -0.39 is 0 Å². The number of methoxy groups -OCH3 is 1. The van der Waals surface area contributed by atoms with Crippen molar-refractivity contribution in [2.75, 3.05) is 46.6 Å². The zero-order valence-corrected chi connectivity index (χ0v) is 24.1. The van der Waals surface area contributed by atoms with Gasteiger partial charge in [-0.25, -0.2) is 4.68 Å². The Labute approximate surface area is 241 Å². The number of likely N-dealkylation sites (N-methyl/N-ethyl adjacent to an activating group) is 1. The average Bonchev–Trinajstić information content (AvgIpc) is 3.64. The first-order valence-corrected chi connectivity index (χ1v) is 15.0. The van der Waals surface area contributed by atoms with Crippen LogP contribution in [0.1, 0.15) is 55.6 Å². The maximum Gasteiger partial charge on any atom is 0.251 e. The van der Waals surface area contributed by atoms with Crippen LogP contribution in [0.25, 0.3) is 32.9 Å². The molecule has 0 aliphatic carbocycles. The molecule has 2 saturated heterocycles. The van der Waals surface area contributed by atoms with E-state index in [1.807, 2.05) is 22.9 Å². The van der Waals surface area contributed by atoms with Gasteiger partial charge in [-0.3, -0.25) is 9.69 Å². The summed E-state index contributed by atoms with van der Waals surface area (Å²) in [6.45, 7) is 6.86. The number of rotatable bonds is 10. The number of nitrogens with zero attached hydrogens (tertiary/aromatic N) is 3. The van der Waals surface area contributed by atoms with Crippen LogP contribution in [0, 0.1) is 0 Å². The minimum absolute atomic E-state index is 0.106. The number of fused-ring (bicyclic) bond motifs is 2. The van der Waals surface area contributed by atoms with Gasteiger partial charge in [-0.1, -0.05) is 25.1 Å². The molecule has 8 heteroatoms. The van der Waals surface area contributed by atoms with Crippen molar-refractivity contribution < 1.29 is 19.0 Å². The molecule has 2 atom stereocenters. The second-order valence-electron chi connectivity index (χ2n) is 11.1. The molecule has 41 heavy (non-hydrogen) atoms. The first kappa shape index (κ1) is 27.7. The summed E-state index contributed by atoms with van der Waals surface area (Å²) in [6.07, 6.45) is 5.45. The van der Waals surface area contributed by atoms with E-state index in [-0.39, 0.29) is 12.1 Å². The summed E-state index contributed by atoms with van der Waals surface area (Å²) in [5.74, 6) is 0.781. The van der Waals surface area contributed by atoms with Gasteiger partial charge >= 0.3 is 0 Å². The number of hydrogen-bond donors (Lipinski definition) is 1.